The Balaban J connectivity index is 3.65. The topological polar surface area (TPSA) is 93.1 Å². The molecule has 0 bridgehead atoms. The van der Waals surface area contributed by atoms with Crippen LogP contribution in [0.5, 0.6) is 0 Å². The molecule has 6 nitrogen and oxygen atoms in total. The van der Waals surface area contributed by atoms with Crippen LogP contribution in [0.25, 0.3) is 0 Å². The largest absolute Gasteiger partial charge is 0.462 e. The fourth-order valence-corrected chi connectivity index (χ4v) is 5.39. The summed E-state index contributed by atoms with van der Waals surface area (Å²) in [7, 11) is 0. The minimum atomic E-state index is -0.807. The van der Waals surface area contributed by atoms with Crippen LogP contribution in [0.1, 0.15) is 181 Å². The Morgan fingerprint density at radius 2 is 0.979 bits per heavy atom. The van der Waals surface area contributed by atoms with E-state index in [1.807, 2.05) is 6.92 Å². The first-order valence-electron chi connectivity index (χ1n) is 19.7. The fourth-order valence-electron chi connectivity index (χ4n) is 5.39. The van der Waals surface area contributed by atoms with Gasteiger partial charge in [0.2, 0.25) is 0 Å². The molecule has 0 unspecified atom stereocenters. The minimum absolute atomic E-state index is 0.0944. The summed E-state index contributed by atoms with van der Waals surface area (Å²) in [5, 5.41) is 18.8. The average molecular weight is 675 g/mol. The van der Waals surface area contributed by atoms with E-state index in [0.717, 1.165) is 64.2 Å². The van der Waals surface area contributed by atoms with Gasteiger partial charge >= 0.3 is 11.9 Å². The van der Waals surface area contributed by atoms with E-state index in [0.29, 0.717) is 12.8 Å². The fraction of sp³-hybridized carbons (Fsp3) is 0.762. The molecule has 0 amide bonds. The highest BCUT2D eigenvalue weighted by molar-refractivity contribution is 5.70. The summed E-state index contributed by atoms with van der Waals surface area (Å²) < 4.78 is 10.6. The molecule has 0 aromatic rings. The maximum atomic E-state index is 12.1. The lowest BCUT2D eigenvalue weighted by molar-refractivity contribution is -0.161. The summed E-state index contributed by atoms with van der Waals surface area (Å²) in [6.07, 6.45) is 44.5. The van der Waals surface area contributed by atoms with Gasteiger partial charge in [0.1, 0.15) is 6.61 Å². The summed E-state index contributed by atoms with van der Waals surface area (Å²) in [4.78, 5) is 24.2. The van der Waals surface area contributed by atoms with Gasteiger partial charge in [-0.1, -0.05) is 152 Å². The molecule has 0 saturated carbocycles. The van der Waals surface area contributed by atoms with Crippen molar-refractivity contribution in [3.63, 3.8) is 0 Å². The summed E-state index contributed by atoms with van der Waals surface area (Å²) in [6.45, 7) is 3.64. The van der Waals surface area contributed by atoms with Crippen molar-refractivity contribution in [1.29, 1.82) is 0 Å². The van der Waals surface area contributed by atoms with E-state index in [9.17, 15) is 19.8 Å². The average Bonchev–Trinajstić information content (AvgIpc) is 3.07. The van der Waals surface area contributed by atoms with E-state index < -0.39 is 6.10 Å². The number of carbonyl (C=O) groups excluding carboxylic acids is 2. The predicted molar refractivity (Wildman–Crippen MR) is 202 cm³/mol. The molecule has 0 aliphatic carbocycles. The van der Waals surface area contributed by atoms with Gasteiger partial charge in [-0.05, 0) is 64.7 Å². The van der Waals surface area contributed by atoms with Crippen LogP contribution >= 0.6 is 0 Å². The lowest BCUT2D eigenvalue weighted by atomic mass is 10.0. The predicted octanol–water partition coefficient (Wildman–Crippen LogP) is 11.2. The second-order valence-electron chi connectivity index (χ2n) is 13.3. The van der Waals surface area contributed by atoms with Crippen LogP contribution in [-0.2, 0) is 19.1 Å². The first-order chi connectivity index (χ1) is 23.5. The molecule has 0 rings (SSSR count). The van der Waals surface area contributed by atoms with Crippen LogP contribution in [0.4, 0.5) is 0 Å². The molecule has 48 heavy (non-hydrogen) atoms. The van der Waals surface area contributed by atoms with Crippen LogP contribution in [0.2, 0.25) is 0 Å². The molecule has 6 heteroatoms. The Kier molecular flexibility index (Phi) is 35.9. The van der Waals surface area contributed by atoms with Gasteiger partial charge in [-0.3, -0.25) is 9.59 Å². The highest BCUT2D eigenvalue weighted by Crippen LogP contribution is 2.14. The van der Waals surface area contributed by atoms with Crippen molar-refractivity contribution in [2.75, 3.05) is 13.2 Å². The van der Waals surface area contributed by atoms with E-state index >= 15 is 0 Å². The SMILES string of the molecule is CCCCCCCCCCCCCCCCCCC(=O)OC[C@H](CO)OC(=O)CCC/C=C\C/C=C\C/C=C\C/C=C\CCC[C@H](C)O. The normalized spacial score (nSPS) is 13.3. The van der Waals surface area contributed by atoms with Crippen LogP contribution in [0.15, 0.2) is 48.6 Å². The van der Waals surface area contributed by atoms with Crippen molar-refractivity contribution < 1.29 is 29.3 Å². The molecule has 2 N–H and O–H groups in total. The number of aliphatic hydroxyl groups is 2. The molecule has 0 aromatic carbocycles. The third kappa shape index (κ3) is 36.7. The van der Waals surface area contributed by atoms with E-state index in [-0.39, 0.29) is 37.7 Å². The van der Waals surface area contributed by atoms with Crippen molar-refractivity contribution in [1.82, 2.24) is 0 Å². The molecule has 0 spiro atoms. The van der Waals surface area contributed by atoms with Gasteiger partial charge in [0.15, 0.2) is 6.10 Å². The molecule has 0 aliphatic rings. The van der Waals surface area contributed by atoms with E-state index in [1.165, 1.54) is 83.5 Å². The van der Waals surface area contributed by atoms with E-state index in [1.54, 1.807) is 0 Å². The summed E-state index contributed by atoms with van der Waals surface area (Å²) in [5.74, 6) is -0.671. The summed E-state index contributed by atoms with van der Waals surface area (Å²) in [6, 6.07) is 0. The van der Waals surface area contributed by atoms with Crippen molar-refractivity contribution in [2.24, 2.45) is 0 Å². The zero-order valence-corrected chi connectivity index (χ0v) is 31.1. The van der Waals surface area contributed by atoms with Crippen LogP contribution in [0, 0.1) is 0 Å². The van der Waals surface area contributed by atoms with Gasteiger partial charge in [-0.15, -0.1) is 0 Å². The third-order valence-corrected chi connectivity index (χ3v) is 8.39. The number of hydrogen-bond donors (Lipinski definition) is 2. The molecule has 0 saturated heterocycles. The van der Waals surface area contributed by atoms with Crippen molar-refractivity contribution in [2.45, 2.75) is 193 Å². The van der Waals surface area contributed by atoms with Crippen molar-refractivity contribution in [3.05, 3.63) is 48.6 Å². The number of hydrogen-bond acceptors (Lipinski definition) is 6. The smallest absolute Gasteiger partial charge is 0.306 e. The third-order valence-electron chi connectivity index (χ3n) is 8.39. The molecular formula is C42H74O6. The number of allylic oxidation sites excluding steroid dienone is 8. The molecule has 0 fully saturated rings. The van der Waals surface area contributed by atoms with E-state index in [4.69, 9.17) is 9.47 Å². The highest BCUT2D eigenvalue weighted by Gasteiger charge is 2.16. The number of unbranched alkanes of at least 4 members (excludes halogenated alkanes) is 17. The molecule has 0 radical (unpaired) electrons. The van der Waals surface area contributed by atoms with Crippen LogP contribution in [-0.4, -0.2) is 47.6 Å². The highest BCUT2D eigenvalue weighted by atomic mass is 16.6. The number of ether oxygens (including phenoxy) is 2. The van der Waals surface area contributed by atoms with Gasteiger partial charge in [0.25, 0.3) is 0 Å². The Hall–Kier alpha value is -2.18. The van der Waals surface area contributed by atoms with Gasteiger partial charge in [-0.2, -0.15) is 0 Å². The Morgan fingerprint density at radius 1 is 0.562 bits per heavy atom. The van der Waals surface area contributed by atoms with Crippen LogP contribution < -0.4 is 0 Å². The number of rotatable bonds is 35. The van der Waals surface area contributed by atoms with Crippen molar-refractivity contribution in [3.8, 4) is 0 Å². The number of aliphatic hydroxyl groups excluding tert-OH is 2. The minimum Gasteiger partial charge on any atom is -0.462 e. The maximum Gasteiger partial charge on any atom is 0.306 e. The monoisotopic (exact) mass is 675 g/mol. The Morgan fingerprint density at radius 3 is 1.44 bits per heavy atom. The molecule has 278 valence electrons. The quantitative estimate of drug-likeness (QED) is 0.0395. The van der Waals surface area contributed by atoms with Gasteiger partial charge < -0.3 is 19.7 Å². The van der Waals surface area contributed by atoms with Gasteiger partial charge in [-0.25, -0.2) is 0 Å². The zero-order valence-electron chi connectivity index (χ0n) is 31.1. The van der Waals surface area contributed by atoms with Gasteiger partial charge in [0, 0.05) is 12.8 Å². The second-order valence-corrected chi connectivity index (χ2v) is 13.3. The molecule has 0 aliphatic heterocycles. The molecule has 2 atom stereocenters. The van der Waals surface area contributed by atoms with E-state index in [2.05, 4.69) is 55.5 Å². The number of carbonyl (C=O) groups is 2. The lowest BCUT2D eigenvalue weighted by Gasteiger charge is -2.15. The van der Waals surface area contributed by atoms with Crippen molar-refractivity contribution >= 4 is 11.9 Å². The van der Waals surface area contributed by atoms with Crippen LogP contribution in [0.3, 0.4) is 0 Å². The standard InChI is InChI=1S/C42H74O6/c1-3-4-5-6-7-8-9-10-11-14-17-20-23-26-29-32-35-41(45)47-38-40(37-43)48-42(46)36-33-30-27-24-21-18-15-12-13-16-19-22-25-28-31-34-39(2)44/h13,15-16,18,22,24-25,27,39-40,43-44H,3-12,14,17,19-21,23,26,28-38H2,1-2H3/b16-13-,18-15-,25-22-,27-24-/t39-,40-/m0/s1. The molecule has 0 aromatic heterocycles. The first kappa shape index (κ1) is 45.8. The maximum absolute atomic E-state index is 12.1. The zero-order chi connectivity index (χ0) is 35.2. The first-order valence-corrected chi connectivity index (χ1v) is 19.7. The number of esters is 2. The summed E-state index contributed by atoms with van der Waals surface area (Å²) >= 11 is 0. The summed E-state index contributed by atoms with van der Waals surface area (Å²) in [5.41, 5.74) is 0. The van der Waals surface area contributed by atoms with Gasteiger partial charge in [0.05, 0.1) is 12.7 Å². The Labute approximate surface area is 295 Å². The second kappa shape index (κ2) is 37.6. The Bertz CT molecular complexity index is 828. The molecular weight excluding hydrogens is 600 g/mol. The lowest BCUT2D eigenvalue weighted by Crippen LogP contribution is -2.28. The molecule has 0 heterocycles.